The van der Waals surface area contributed by atoms with E-state index in [4.69, 9.17) is 16.3 Å². The Morgan fingerprint density at radius 3 is 2.88 bits per heavy atom. The number of benzene rings is 2. The molecule has 1 heterocycles. The molecule has 1 aromatic heterocycles. The number of ether oxygens (including phenoxy) is 1. The molecule has 1 N–H and O–H groups in total. The van der Waals surface area contributed by atoms with Crippen molar-refractivity contribution in [2.75, 3.05) is 7.11 Å². The number of hydrazone groups is 1. The molecule has 7 heteroatoms. The molecule has 3 rings (SSSR count). The first-order chi connectivity index (χ1) is 11.6. The van der Waals surface area contributed by atoms with Gasteiger partial charge in [-0.3, -0.25) is 4.79 Å². The van der Waals surface area contributed by atoms with Crippen molar-refractivity contribution in [1.82, 2.24) is 5.43 Å². The zero-order valence-electron chi connectivity index (χ0n) is 12.5. The molecule has 4 nitrogen and oxygen atoms in total. The number of hydrogen-bond acceptors (Lipinski definition) is 4. The third kappa shape index (κ3) is 3.45. The van der Waals surface area contributed by atoms with E-state index in [1.807, 2.05) is 42.5 Å². The predicted molar refractivity (Wildman–Crippen MR) is 103 cm³/mol. The van der Waals surface area contributed by atoms with Crippen LogP contribution in [0.2, 0.25) is 5.02 Å². The highest BCUT2D eigenvalue weighted by atomic mass is 79.9. The highest BCUT2D eigenvalue weighted by molar-refractivity contribution is 9.10. The fraction of sp³-hybridized carbons (Fsp3) is 0.0588. The fourth-order valence-electron chi connectivity index (χ4n) is 2.11. The molecule has 3 aromatic rings. The number of rotatable bonds is 4. The highest BCUT2D eigenvalue weighted by Gasteiger charge is 2.17. The molecule has 0 saturated heterocycles. The molecule has 1 amide bonds. The van der Waals surface area contributed by atoms with Crippen LogP contribution in [0.15, 0.2) is 52.0 Å². The molecule has 0 bridgehead atoms. The molecule has 2 aromatic carbocycles. The minimum Gasteiger partial charge on any atom is -0.497 e. The Labute approximate surface area is 156 Å². The van der Waals surface area contributed by atoms with E-state index in [-0.39, 0.29) is 5.91 Å². The molecule has 0 fully saturated rings. The van der Waals surface area contributed by atoms with Crippen molar-refractivity contribution in [3.05, 3.63) is 62.4 Å². The van der Waals surface area contributed by atoms with Crippen LogP contribution in [0, 0.1) is 0 Å². The molecule has 0 radical (unpaired) electrons. The first-order valence-corrected chi connectivity index (χ1v) is 8.93. The normalized spacial score (nSPS) is 11.1. The standard InChI is InChI=1S/C17H12BrClN2O2S/c1-23-11-6-7-12-14(8-11)24-16(15(12)19)17(22)21-20-9-10-4-2-3-5-13(10)18/h2-9H,1H3,(H,21,22)/b20-9-. The average Bonchev–Trinajstić information content (AvgIpc) is 2.92. The number of carbonyl (C=O) groups is 1. The van der Waals surface area contributed by atoms with Crippen molar-refractivity contribution in [3.8, 4) is 5.75 Å². The molecule has 0 unspecified atom stereocenters. The number of carbonyl (C=O) groups excluding carboxylic acids is 1. The van der Waals surface area contributed by atoms with Crippen LogP contribution in [0.5, 0.6) is 5.75 Å². The molecular weight excluding hydrogens is 412 g/mol. The molecule has 122 valence electrons. The van der Waals surface area contributed by atoms with Gasteiger partial charge in [0.1, 0.15) is 10.6 Å². The molecule has 0 atom stereocenters. The molecule has 0 spiro atoms. The zero-order chi connectivity index (χ0) is 17.1. The van der Waals surface area contributed by atoms with Crippen LogP contribution >= 0.6 is 38.9 Å². The van der Waals surface area contributed by atoms with Crippen LogP contribution in [0.3, 0.4) is 0 Å². The quantitative estimate of drug-likeness (QED) is 0.469. The number of thiophene rings is 1. The van der Waals surface area contributed by atoms with Gasteiger partial charge in [0.25, 0.3) is 5.91 Å². The van der Waals surface area contributed by atoms with Gasteiger partial charge in [-0.1, -0.05) is 45.7 Å². The van der Waals surface area contributed by atoms with Gasteiger partial charge < -0.3 is 4.74 Å². The monoisotopic (exact) mass is 422 g/mol. The second-order valence-corrected chi connectivity index (χ2v) is 7.11. The first kappa shape index (κ1) is 17.0. The highest BCUT2D eigenvalue weighted by Crippen LogP contribution is 2.37. The smallest absolute Gasteiger partial charge is 0.283 e. The van der Waals surface area contributed by atoms with E-state index in [9.17, 15) is 4.79 Å². The van der Waals surface area contributed by atoms with E-state index in [0.717, 1.165) is 25.9 Å². The third-order valence-electron chi connectivity index (χ3n) is 3.32. The van der Waals surface area contributed by atoms with Crippen LogP contribution in [-0.2, 0) is 0 Å². The first-order valence-electron chi connectivity index (χ1n) is 6.94. The Hall–Kier alpha value is -1.89. The van der Waals surface area contributed by atoms with Crippen LogP contribution < -0.4 is 10.2 Å². The zero-order valence-corrected chi connectivity index (χ0v) is 15.7. The van der Waals surface area contributed by atoms with Gasteiger partial charge >= 0.3 is 0 Å². The summed E-state index contributed by atoms with van der Waals surface area (Å²) in [7, 11) is 1.60. The number of nitrogens with zero attached hydrogens (tertiary/aromatic N) is 1. The summed E-state index contributed by atoms with van der Waals surface area (Å²) in [4.78, 5) is 12.7. The van der Waals surface area contributed by atoms with Crippen molar-refractivity contribution in [1.29, 1.82) is 0 Å². The van der Waals surface area contributed by atoms with E-state index in [2.05, 4.69) is 26.5 Å². The van der Waals surface area contributed by atoms with Gasteiger partial charge in [-0.2, -0.15) is 5.10 Å². The molecular formula is C17H12BrClN2O2S. The van der Waals surface area contributed by atoms with Crippen LogP contribution in [-0.4, -0.2) is 19.2 Å². The van der Waals surface area contributed by atoms with Gasteiger partial charge in [0.2, 0.25) is 0 Å². The van der Waals surface area contributed by atoms with Gasteiger partial charge in [-0.25, -0.2) is 5.43 Å². The third-order valence-corrected chi connectivity index (χ3v) is 5.70. The second-order valence-electron chi connectivity index (χ2n) is 4.83. The van der Waals surface area contributed by atoms with Crippen LogP contribution in [0.4, 0.5) is 0 Å². The van der Waals surface area contributed by atoms with E-state index in [0.29, 0.717) is 9.90 Å². The lowest BCUT2D eigenvalue weighted by Gasteiger charge is -1.99. The van der Waals surface area contributed by atoms with E-state index in [1.54, 1.807) is 13.3 Å². The predicted octanol–water partition coefficient (Wildman–Crippen LogP) is 5.09. The van der Waals surface area contributed by atoms with E-state index >= 15 is 0 Å². The van der Waals surface area contributed by atoms with Crippen LogP contribution in [0.1, 0.15) is 15.2 Å². The lowest BCUT2D eigenvalue weighted by molar-refractivity contribution is 0.0959. The van der Waals surface area contributed by atoms with Crippen molar-refractivity contribution in [3.63, 3.8) is 0 Å². The summed E-state index contributed by atoms with van der Waals surface area (Å²) in [6.45, 7) is 0. The number of fused-ring (bicyclic) bond motifs is 1. The maximum Gasteiger partial charge on any atom is 0.283 e. The molecule has 0 saturated carbocycles. The maximum atomic E-state index is 12.3. The largest absolute Gasteiger partial charge is 0.497 e. The summed E-state index contributed by atoms with van der Waals surface area (Å²) in [5.41, 5.74) is 3.38. The lowest BCUT2D eigenvalue weighted by atomic mass is 10.2. The molecule has 0 aliphatic carbocycles. The van der Waals surface area contributed by atoms with Gasteiger partial charge in [0.05, 0.1) is 18.3 Å². The fourth-order valence-corrected chi connectivity index (χ4v) is 3.93. The van der Waals surface area contributed by atoms with Gasteiger partial charge in [0, 0.05) is 20.1 Å². The molecule has 0 aliphatic heterocycles. The Morgan fingerprint density at radius 2 is 2.12 bits per heavy atom. The average molecular weight is 424 g/mol. The summed E-state index contributed by atoms with van der Waals surface area (Å²) in [5.74, 6) is 0.378. The SMILES string of the molecule is COc1ccc2c(Cl)c(C(=O)N/N=C\c3ccccc3Br)sc2c1. The summed E-state index contributed by atoms with van der Waals surface area (Å²) >= 11 is 11.0. The van der Waals surface area contributed by atoms with Crippen molar-refractivity contribution < 1.29 is 9.53 Å². The lowest BCUT2D eigenvalue weighted by Crippen LogP contribution is -2.16. The van der Waals surface area contributed by atoms with Crippen LogP contribution in [0.25, 0.3) is 10.1 Å². The molecule has 0 aliphatic rings. The summed E-state index contributed by atoms with van der Waals surface area (Å²) < 4.78 is 6.98. The molecule has 24 heavy (non-hydrogen) atoms. The Balaban J connectivity index is 1.81. The Kier molecular flexibility index (Phi) is 5.18. The number of methoxy groups -OCH3 is 1. The number of nitrogens with one attached hydrogen (secondary N) is 1. The van der Waals surface area contributed by atoms with Crippen molar-refractivity contribution >= 4 is 61.1 Å². The maximum absolute atomic E-state index is 12.3. The minimum absolute atomic E-state index is 0.344. The number of hydrogen-bond donors (Lipinski definition) is 1. The van der Waals surface area contributed by atoms with Crippen molar-refractivity contribution in [2.45, 2.75) is 0 Å². The topological polar surface area (TPSA) is 50.7 Å². The number of halogens is 2. The second kappa shape index (κ2) is 7.34. The number of amides is 1. The van der Waals surface area contributed by atoms with E-state index in [1.165, 1.54) is 11.3 Å². The van der Waals surface area contributed by atoms with Gasteiger partial charge in [-0.15, -0.1) is 11.3 Å². The minimum atomic E-state index is -0.344. The van der Waals surface area contributed by atoms with Gasteiger partial charge in [0.15, 0.2) is 0 Å². The van der Waals surface area contributed by atoms with Gasteiger partial charge in [-0.05, 0) is 24.3 Å². The van der Waals surface area contributed by atoms with Crippen molar-refractivity contribution in [2.24, 2.45) is 5.10 Å². The Bertz CT molecular complexity index is 939. The van der Waals surface area contributed by atoms with E-state index < -0.39 is 0 Å². The summed E-state index contributed by atoms with van der Waals surface area (Å²) in [5, 5.41) is 5.24. The summed E-state index contributed by atoms with van der Waals surface area (Å²) in [6.07, 6.45) is 1.58. The summed E-state index contributed by atoms with van der Waals surface area (Å²) in [6, 6.07) is 13.1. The Morgan fingerprint density at radius 1 is 1.33 bits per heavy atom.